The number of carbonyl (C=O) groups is 1. The van der Waals surface area contributed by atoms with E-state index in [2.05, 4.69) is 5.32 Å². The third-order valence-electron chi connectivity index (χ3n) is 4.89. The van der Waals surface area contributed by atoms with Crippen LogP contribution in [0.3, 0.4) is 0 Å². The molecule has 1 amide bonds. The maximum Gasteiger partial charge on any atom is 0.224 e. The first-order chi connectivity index (χ1) is 13.6. The van der Waals surface area contributed by atoms with Crippen LogP contribution in [0.15, 0.2) is 42.5 Å². The van der Waals surface area contributed by atoms with Crippen LogP contribution in [-0.4, -0.2) is 57.8 Å². The van der Waals surface area contributed by atoms with Gasteiger partial charge in [-0.3, -0.25) is 4.79 Å². The number of carbonyl (C=O) groups excluding carboxylic acids is 1. The molecule has 0 aromatic heterocycles. The molecule has 0 aliphatic carbocycles. The summed E-state index contributed by atoms with van der Waals surface area (Å²) < 4.78 is 24.5. The second-order valence-electron chi connectivity index (χ2n) is 6.56. The number of anilines is 2. The van der Waals surface area contributed by atoms with E-state index in [0.717, 1.165) is 11.4 Å². The van der Waals surface area contributed by atoms with E-state index in [1.54, 1.807) is 26.4 Å². The fraction of sp³-hybridized carbons (Fsp3) is 0.381. The number of halogens is 1. The van der Waals surface area contributed by atoms with Crippen LogP contribution in [0, 0.1) is 5.82 Å². The van der Waals surface area contributed by atoms with Gasteiger partial charge in [0.1, 0.15) is 17.3 Å². The van der Waals surface area contributed by atoms with Gasteiger partial charge in [0.2, 0.25) is 5.91 Å². The molecule has 2 aromatic rings. The minimum atomic E-state index is -0.223. The topological polar surface area (TPSA) is 54.0 Å². The Morgan fingerprint density at radius 2 is 1.82 bits per heavy atom. The normalized spacial score (nSPS) is 14.0. The van der Waals surface area contributed by atoms with Gasteiger partial charge in [0.25, 0.3) is 0 Å². The van der Waals surface area contributed by atoms with Gasteiger partial charge in [0.15, 0.2) is 0 Å². The Kier molecular flexibility index (Phi) is 6.57. The molecule has 0 unspecified atom stereocenters. The summed E-state index contributed by atoms with van der Waals surface area (Å²) in [7, 11) is 3.21. The van der Waals surface area contributed by atoms with Crippen LogP contribution >= 0.6 is 0 Å². The van der Waals surface area contributed by atoms with Gasteiger partial charge in [-0.2, -0.15) is 0 Å². The summed E-state index contributed by atoms with van der Waals surface area (Å²) in [5.74, 6) is 1.28. The first kappa shape index (κ1) is 19.8. The molecule has 2 aromatic carbocycles. The zero-order valence-corrected chi connectivity index (χ0v) is 16.3. The second kappa shape index (κ2) is 9.30. The van der Waals surface area contributed by atoms with E-state index >= 15 is 0 Å². The lowest BCUT2D eigenvalue weighted by molar-refractivity contribution is -0.131. The van der Waals surface area contributed by atoms with Crippen LogP contribution in [-0.2, 0) is 4.79 Å². The largest absolute Gasteiger partial charge is 0.497 e. The summed E-state index contributed by atoms with van der Waals surface area (Å²) in [6.07, 6.45) is 0.375. The standard InChI is InChI=1S/C21H26FN3O3/c1-27-16-7-8-20(28-2)18(15-16)23-10-9-21(26)25-13-11-24(12-14-25)19-6-4-3-5-17(19)22/h3-8,15,23H,9-14H2,1-2H3. The van der Waals surface area contributed by atoms with Crippen molar-refractivity contribution in [2.24, 2.45) is 0 Å². The maximum atomic E-state index is 13.9. The molecule has 1 N–H and O–H groups in total. The number of rotatable bonds is 7. The smallest absolute Gasteiger partial charge is 0.224 e. The van der Waals surface area contributed by atoms with Crippen LogP contribution < -0.4 is 19.7 Å². The van der Waals surface area contributed by atoms with Crippen molar-refractivity contribution in [1.82, 2.24) is 4.90 Å². The molecular formula is C21H26FN3O3. The van der Waals surface area contributed by atoms with E-state index in [4.69, 9.17) is 9.47 Å². The van der Waals surface area contributed by atoms with Crippen molar-refractivity contribution >= 4 is 17.3 Å². The maximum absolute atomic E-state index is 13.9. The number of nitrogens with zero attached hydrogens (tertiary/aromatic N) is 2. The Balaban J connectivity index is 1.48. The molecule has 0 saturated carbocycles. The first-order valence-electron chi connectivity index (χ1n) is 9.35. The lowest BCUT2D eigenvalue weighted by Crippen LogP contribution is -2.49. The quantitative estimate of drug-likeness (QED) is 0.792. The third kappa shape index (κ3) is 4.65. The van der Waals surface area contributed by atoms with E-state index in [-0.39, 0.29) is 11.7 Å². The van der Waals surface area contributed by atoms with Crippen LogP contribution in [0.2, 0.25) is 0 Å². The van der Waals surface area contributed by atoms with Crippen molar-refractivity contribution in [2.45, 2.75) is 6.42 Å². The molecule has 150 valence electrons. The number of ether oxygens (including phenoxy) is 2. The van der Waals surface area contributed by atoms with E-state index in [9.17, 15) is 9.18 Å². The third-order valence-corrected chi connectivity index (χ3v) is 4.89. The molecule has 1 saturated heterocycles. The molecule has 0 atom stereocenters. The van der Waals surface area contributed by atoms with Gasteiger partial charge in [-0.05, 0) is 24.3 Å². The molecule has 0 spiro atoms. The van der Waals surface area contributed by atoms with Gasteiger partial charge in [-0.1, -0.05) is 12.1 Å². The molecule has 0 bridgehead atoms. The number of nitrogens with one attached hydrogen (secondary N) is 1. The molecule has 6 nitrogen and oxygen atoms in total. The van der Waals surface area contributed by atoms with Gasteiger partial charge in [0.05, 0.1) is 25.6 Å². The molecule has 0 radical (unpaired) electrons. The molecule has 1 heterocycles. The molecule has 1 fully saturated rings. The number of hydrogen-bond donors (Lipinski definition) is 1. The van der Waals surface area contributed by atoms with Gasteiger partial charge >= 0.3 is 0 Å². The zero-order valence-electron chi connectivity index (χ0n) is 16.3. The molecule has 1 aliphatic rings. The van der Waals surface area contributed by atoms with Crippen LogP contribution in [0.25, 0.3) is 0 Å². The molecule has 7 heteroatoms. The molecule has 1 aliphatic heterocycles. The average Bonchev–Trinajstić information content (AvgIpc) is 2.74. The minimum Gasteiger partial charge on any atom is -0.497 e. The Labute approximate surface area is 164 Å². The number of methoxy groups -OCH3 is 2. The predicted octanol–water partition coefficient (Wildman–Crippen LogP) is 2.99. The highest BCUT2D eigenvalue weighted by atomic mass is 19.1. The summed E-state index contributed by atoms with van der Waals surface area (Å²) in [4.78, 5) is 16.3. The number of benzene rings is 2. The van der Waals surface area contributed by atoms with Gasteiger partial charge in [0, 0.05) is 45.2 Å². The number of hydrogen-bond acceptors (Lipinski definition) is 5. The number of para-hydroxylation sites is 1. The second-order valence-corrected chi connectivity index (χ2v) is 6.56. The zero-order chi connectivity index (χ0) is 19.9. The SMILES string of the molecule is COc1ccc(OC)c(NCCC(=O)N2CCN(c3ccccc3F)CC2)c1. The monoisotopic (exact) mass is 387 g/mol. The van der Waals surface area contributed by atoms with Gasteiger partial charge in [-0.25, -0.2) is 4.39 Å². The van der Waals surface area contributed by atoms with Crippen LogP contribution in [0.5, 0.6) is 11.5 Å². The Bertz CT molecular complexity index is 807. The van der Waals surface area contributed by atoms with E-state index in [1.165, 1.54) is 6.07 Å². The highest BCUT2D eigenvalue weighted by Gasteiger charge is 2.22. The molecule has 3 rings (SSSR count). The Morgan fingerprint density at radius 3 is 2.50 bits per heavy atom. The van der Waals surface area contributed by atoms with Crippen molar-refractivity contribution in [3.8, 4) is 11.5 Å². The fourth-order valence-electron chi connectivity index (χ4n) is 3.32. The first-order valence-corrected chi connectivity index (χ1v) is 9.35. The Morgan fingerprint density at radius 1 is 1.07 bits per heavy atom. The summed E-state index contributed by atoms with van der Waals surface area (Å²) in [5.41, 5.74) is 1.39. The lowest BCUT2D eigenvalue weighted by atomic mass is 10.2. The summed E-state index contributed by atoms with van der Waals surface area (Å²) >= 11 is 0. The van der Waals surface area contributed by atoms with Crippen molar-refractivity contribution < 1.29 is 18.7 Å². The predicted molar refractivity (Wildman–Crippen MR) is 108 cm³/mol. The van der Waals surface area contributed by atoms with Crippen LogP contribution in [0.1, 0.15) is 6.42 Å². The number of piperazine rings is 1. The van der Waals surface area contributed by atoms with E-state index < -0.39 is 0 Å². The van der Waals surface area contributed by atoms with Crippen LogP contribution in [0.4, 0.5) is 15.8 Å². The lowest BCUT2D eigenvalue weighted by Gasteiger charge is -2.36. The number of amides is 1. The van der Waals surface area contributed by atoms with Gasteiger partial charge in [-0.15, -0.1) is 0 Å². The molecule has 28 heavy (non-hydrogen) atoms. The Hall–Kier alpha value is -2.96. The average molecular weight is 387 g/mol. The van der Waals surface area contributed by atoms with Crippen molar-refractivity contribution in [2.75, 3.05) is 57.2 Å². The fourth-order valence-corrected chi connectivity index (χ4v) is 3.32. The van der Waals surface area contributed by atoms with Crippen molar-refractivity contribution in [3.05, 3.63) is 48.3 Å². The van der Waals surface area contributed by atoms with Crippen molar-refractivity contribution in [3.63, 3.8) is 0 Å². The summed E-state index contributed by atoms with van der Waals surface area (Å²) in [6, 6.07) is 12.2. The van der Waals surface area contributed by atoms with Crippen molar-refractivity contribution in [1.29, 1.82) is 0 Å². The highest BCUT2D eigenvalue weighted by Crippen LogP contribution is 2.28. The summed E-state index contributed by atoms with van der Waals surface area (Å²) in [5, 5.41) is 3.24. The molecular weight excluding hydrogens is 361 g/mol. The van der Waals surface area contributed by atoms with E-state index in [0.29, 0.717) is 50.6 Å². The summed E-state index contributed by atoms with van der Waals surface area (Å²) in [6.45, 7) is 2.94. The van der Waals surface area contributed by atoms with Gasteiger partial charge < -0.3 is 24.6 Å². The minimum absolute atomic E-state index is 0.0857. The van der Waals surface area contributed by atoms with E-state index in [1.807, 2.05) is 34.1 Å². The highest BCUT2D eigenvalue weighted by molar-refractivity contribution is 5.77.